The lowest BCUT2D eigenvalue weighted by molar-refractivity contribution is 0.278. The first-order chi connectivity index (χ1) is 5.25. The molecule has 1 rings (SSSR count). The molecule has 5 N–H and O–H groups in total. The van der Waals surface area contributed by atoms with Crippen molar-refractivity contribution in [2.45, 2.75) is 0 Å². The minimum atomic E-state index is -0.291. The second-order valence-electron chi connectivity index (χ2n) is 2.00. The van der Waals surface area contributed by atoms with Gasteiger partial charge in [0.2, 0.25) is 0 Å². The average molecular weight is 158 g/mol. The molecule has 1 heterocycles. The molecule has 62 valence electrons. The van der Waals surface area contributed by atoms with E-state index in [1.165, 1.54) is 11.2 Å². The van der Waals surface area contributed by atoms with Crippen LogP contribution in [0.3, 0.4) is 0 Å². The molecule has 11 heavy (non-hydrogen) atoms. The van der Waals surface area contributed by atoms with Crippen molar-refractivity contribution in [2.24, 2.45) is 11.6 Å². The summed E-state index contributed by atoms with van der Waals surface area (Å²) in [6.07, 6.45) is 1.32. The molecule has 0 spiro atoms. The van der Waals surface area contributed by atoms with Crippen molar-refractivity contribution in [3.63, 3.8) is 0 Å². The summed E-state index contributed by atoms with van der Waals surface area (Å²) in [5.74, 6) is 5.15. The molecule has 0 aliphatic heterocycles. The van der Waals surface area contributed by atoms with Gasteiger partial charge in [-0.3, -0.25) is 0 Å². The third-order valence-corrected chi connectivity index (χ3v) is 1.21. The Morgan fingerprint density at radius 3 is 2.91 bits per heavy atom. The number of aromatic hydroxyl groups is 1. The lowest BCUT2D eigenvalue weighted by Gasteiger charge is -2.13. The normalized spacial score (nSPS) is 10.0. The second kappa shape index (κ2) is 3.22. The maximum absolute atomic E-state index is 8.96. The van der Waals surface area contributed by atoms with Crippen LogP contribution in [0.15, 0.2) is 10.7 Å². The molecule has 6 nitrogen and oxygen atoms in total. The first-order valence-corrected chi connectivity index (χ1v) is 3.11. The summed E-state index contributed by atoms with van der Waals surface area (Å²) in [7, 11) is 0. The Bertz CT molecular complexity index is 224. The highest BCUT2D eigenvalue weighted by molar-refractivity contribution is 5.49. The molecule has 1 aromatic heterocycles. The molecule has 0 bridgehead atoms. The van der Waals surface area contributed by atoms with E-state index >= 15 is 0 Å². The number of rotatable bonds is 3. The van der Waals surface area contributed by atoms with E-state index < -0.39 is 0 Å². The SMILES string of the molecule is NCCN(N)c1cnoc1O. The number of hydrazine groups is 1. The molecule has 0 saturated heterocycles. The van der Waals surface area contributed by atoms with Crippen molar-refractivity contribution in [1.29, 1.82) is 0 Å². The predicted octanol–water partition coefficient (Wildman–Crippen LogP) is -0.981. The van der Waals surface area contributed by atoms with Crippen LogP contribution in [0.25, 0.3) is 0 Å². The van der Waals surface area contributed by atoms with Crippen LogP contribution in [0, 0.1) is 0 Å². The average Bonchev–Trinajstić information content (AvgIpc) is 2.36. The van der Waals surface area contributed by atoms with Crippen LogP contribution in [0.5, 0.6) is 5.95 Å². The summed E-state index contributed by atoms with van der Waals surface area (Å²) >= 11 is 0. The van der Waals surface area contributed by atoms with E-state index in [1.807, 2.05) is 0 Å². The minimum Gasteiger partial charge on any atom is -0.478 e. The van der Waals surface area contributed by atoms with Crippen molar-refractivity contribution in [1.82, 2.24) is 5.16 Å². The summed E-state index contributed by atoms with van der Waals surface area (Å²) < 4.78 is 4.38. The van der Waals surface area contributed by atoms with Crippen LogP contribution in [0.1, 0.15) is 0 Å². The second-order valence-corrected chi connectivity index (χ2v) is 2.00. The quantitative estimate of drug-likeness (QED) is 0.386. The first kappa shape index (κ1) is 7.83. The molecular weight excluding hydrogens is 148 g/mol. The van der Waals surface area contributed by atoms with Gasteiger partial charge < -0.3 is 20.4 Å². The zero-order valence-corrected chi connectivity index (χ0v) is 5.90. The van der Waals surface area contributed by atoms with Crippen LogP contribution in [-0.4, -0.2) is 23.4 Å². The minimum absolute atomic E-state index is 0.291. The monoisotopic (exact) mass is 158 g/mol. The lowest BCUT2D eigenvalue weighted by atomic mass is 10.5. The van der Waals surface area contributed by atoms with Crippen LogP contribution < -0.4 is 16.6 Å². The Kier molecular flexibility index (Phi) is 2.29. The number of hydrogen-bond acceptors (Lipinski definition) is 6. The van der Waals surface area contributed by atoms with Crippen molar-refractivity contribution in [2.75, 3.05) is 18.1 Å². The van der Waals surface area contributed by atoms with Gasteiger partial charge in [0.1, 0.15) is 0 Å². The van der Waals surface area contributed by atoms with Crippen molar-refractivity contribution in [3.05, 3.63) is 6.20 Å². The standard InChI is InChI=1S/C5H10N4O2/c6-1-2-9(7)4-3-8-11-5(4)10/h3,10H,1-2,6-7H2. The van der Waals surface area contributed by atoms with Gasteiger partial charge in [0.25, 0.3) is 0 Å². The molecule has 0 unspecified atom stereocenters. The molecule has 0 aliphatic rings. The van der Waals surface area contributed by atoms with Crippen LogP contribution in [0.2, 0.25) is 0 Å². The summed E-state index contributed by atoms with van der Waals surface area (Å²) in [5.41, 5.74) is 5.57. The van der Waals surface area contributed by atoms with Gasteiger partial charge in [-0.25, -0.2) is 5.84 Å². The van der Waals surface area contributed by atoms with E-state index in [1.54, 1.807) is 0 Å². The van der Waals surface area contributed by atoms with Gasteiger partial charge in [-0.15, -0.1) is 0 Å². The van der Waals surface area contributed by atoms with Gasteiger partial charge in [0.05, 0.1) is 6.20 Å². The van der Waals surface area contributed by atoms with Gasteiger partial charge in [-0.2, -0.15) is 0 Å². The number of nitrogens with two attached hydrogens (primary N) is 2. The summed E-state index contributed by atoms with van der Waals surface area (Å²) in [6.45, 7) is 0.843. The molecular formula is C5H10N4O2. The van der Waals surface area contributed by atoms with Crippen molar-refractivity contribution >= 4 is 5.69 Å². The van der Waals surface area contributed by atoms with Gasteiger partial charge in [-0.05, 0) is 0 Å². The highest BCUT2D eigenvalue weighted by Crippen LogP contribution is 2.23. The third-order valence-electron chi connectivity index (χ3n) is 1.21. The summed E-state index contributed by atoms with van der Waals surface area (Å²) in [4.78, 5) is 0. The predicted molar refractivity (Wildman–Crippen MR) is 38.8 cm³/mol. The molecule has 0 aromatic carbocycles. The molecule has 0 saturated carbocycles. The van der Waals surface area contributed by atoms with Gasteiger partial charge in [0, 0.05) is 13.1 Å². The molecule has 1 aromatic rings. The maximum Gasteiger partial charge on any atom is 0.333 e. The van der Waals surface area contributed by atoms with Crippen LogP contribution in [-0.2, 0) is 0 Å². The van der Waals surface area contributed by atoms with E-state index in [0.717, 1.165) is 0 Å². The first-order valence-electron chi connectivity index (χ1n) is 3.11. The van der Waals surface area contributed by atoms with E-state index in [9.17, 15) is 0 Å². The number of hydrogen-bond donors (Lipinski definition) is 3. The highest BCUT2D eigenvalue weighted by Gasteiger charge is 2.10. The van der Waals surface area contributed by atoms with Gasteiger partial charge >= 0.3 is 5.95 Å². The molecule has 0 radical (unpaired) electrons. The molecule has 0 fully saturated rings. The van der Waals surface area contributed by atoms with Crippen LogP contribution in [0.4, 0.5) is 5.69 Å². The van der Waals surface area contributed by atoms with Crippen molar-refractivity contribution < 1.29 is 9.63 Å². The number of aromatic nitrogens is 1. The number of anilines is 1. The summed E-state index contributed by atoms with van der Waals surface area (Å²) in [5, 5.41) is 13.6. The molecule has 0 atom stereocenters. The highest BCUT2D eigenvalue weighted by atomic mass is 16.5. The smallest absolute Gasteiger partial charge is 0.333 e. The molecule has 0 amide bonds. The van der Waals surface area contributed by atoms with E-state index in [-0.39, 0.29) is 5.95 Å². The Labute approximate surface area is 63.3 Å². The Morgan fingerprint density at radius 2 is 2.45 bits per heavy atom. The fourth-order valence-corrected chi connectivity index (χ4v) is 0.685. The van der Waals surface area contributed by atoms with E-state index in [4.69, 9.17) is 16.7 Å². The Balaban J connectivity index is 2.67. The Hall–Kier alpha value is -1.27. The zero-order valence-electron chi connectivity index (χ0n) is 5.90. The summed E-state index contributed by atoms with van der Waals surface area (Å²) in [6, 6.07) is 0. The molecule has 6 heteroatoms. The Morgan fingerprint density at radius 1 is 1.73 bits per heavy atom. The lowest BCUT2D eigenvalue weighted by Crippen LogP contribution is -2.35. The van der Waals surface area contributed by atoms with Gasteiger partial charge in [-0.1, -0.05) is 5.16 Å². The third kappa shape index (κ3) is 1.60. The van der Waals surface area contributed by atoms with Gasteiger partial charge in [0.15, 0.2) is 5.69 Å². The zero-order chi connectivity index (χ0) is 8.27. The van der Waals surface area contributed by atoms with Crippen LogP contribution >= 0.6 is 0 Å². The topological polar surface area (TPSA) is 102 Å². The largest absolute Gasteiger partial charge is 0.478 e. The fraction of sp³-hybridized carbons (Fsp3) is 0.400. The van der Waals surface area contributed by atoms with E-state index in [2.05, 4.69) is 9.68 Å². The number of nitrogens with zero attached hydrogens (tertiary/aromatic N) is 2. The van der Waals surface area contributed by atoms with E-state index in [0.29, 0.717) is 18.8 Å². The molecule has 0 aliphatic carbocycles. The van der Waals surface area contributed by atoms with Crippen molar-refractivity contribution in [3.8, 4) is 5.95 Å². The maximum atomic E-state index is 8.96. The fourth-order valence-electron chi connectivity index (χ4n) is 0.685.